The Morgan fingerprint density at radius 2 is 1.86 bits per heavy atom. The van der Waals surface area contributed by atoms with Crippen LogP contribution in [0.3, 0.4) is 0 Å². The van der Waals surface area contributed by atoms with Crippen LogP contribution in [-0.2, 0) is 43.9 Å². The van der Waals surface area contributed by atoms with Gasteiger partial charge in [-0.2, -0.15) is 6.21 Å². The van der Waals surface area contributed by atoms with Gasteiger partial charge in [0.15, 0.2) is 0 Å². The molecule has 0 saturated carbocycles. The van der Waals surface area contributed by atoms with Gasteiger partial charge in [0, 0.05) is 50.6 Å². The van der Waals surface area contributed by atoms with E-state index < -0.39 is 12.2 Å². The summed E-state index contributed by atoms with van der Waals surface area (Å²) in [6.07, 6.45) is 1.43. The molecule has 0 aliphatic carbocycles. The van der Waals surface area contributed by atoms with Crippen LogP contribution < -0.4 is 4.74 Å². The van der Waals surface area contributed by atoms with Crippen molar-refractivity contribution in [3.8, 4) is 5.75 Å². The fourth-order valence-electron chi connectivity index (χ4n) is 3.26. The maximum atomic E-state index is 10.0. The molecule has 1 heterocycles. The van der Waals surface area contributed by atoms with E-state index in [2.05, 4.69) is 0 Å². The van der Waals surface area contributed by atoms with Gasteiger partial charge in [0.25, 0.3) is 0 Å². The monoisotopic (exact) mass is 491 g/mol. The van der Waals surface area contributed by atoms with Gasteiger partial charge in [0.1, 0.15) is 5.75 Å². The van der Waals surface area contributed by atoms with Gasteiger partial charge in [-0.15, -0.1) is 0 Å². The largest absolute Gasteiger partial charge is 0.812 e. The first-order chi connectivity index (χ1) is 13.6. The Morgan fingerprint density at radius 3 is 2.48 bits per heavy atom. The van der Waals surface area contributed by atoms with E-state index in [-0.39, 0.29) is 38.8 Å². The van der Waals surface area contributed by atoms with Gasteiger partial charge in [0.05, 0.1) is 24.9 Å². The summed E-state index contributed by atoms with van der Waals surface area (Å²) in [6.45, 7) is 6.61. The molecule has 2 aromatic carbocycles. The first-order valence-electron chi connectivity index (χ1n) is 9.90. The molecule has 1 aliphatic heterocycles. The van der Waals surface area contributed by atoms with Crippen molar-refractivity contribution in [2.45, 2.75) is 58.3 Å². The number of rotatable bonds is 6. The van der Waals surface area contributed by atoms with Crippen LogP contribution in [0.1, 0.15) is 56.4 Å². The summed E-state index contributed by atoms with van der Waals surface area (Å²) >= 11 is 6.39. The summed E-state index contributed by atoms with van der Waals surface area (Å²) in [6, 6.07) is 13.8. The van der Waals surface area contributed by atoms with Gasteiger partial charge in [-0.25, -0.2) is 0 Å². The maximum absolute atomic E-state index is 10.0. The molecule has 1 saturated heterocycles. The number of halogens is 1. The normalized spacial score (nSPS) is 20.7. The Kier molecular flexibility index (Phi) is 12.2. The van der Waals surface area contributed by atoms with Crippen LogP contribution in [0.25, 0.3) is 5.41 Å². The van der Waals surface area contributed by atoms with E-state index in [0.717, 1.165) is 28.7 Å². The molecule has 1 aliphatic rings. The minimum Gasteiger partial charge on any atom is -0.812 e. The standard InChI is InChI=1S/C21H23ClNO3.C2H6.Y/c1-2-25-18-6-3-14(4-7-18)9-16-10-15(5-8-20(16)22)21-12-17(24)11-19(13-23)26-21;1-2;/h3-8,10,13,17,19,21,24H,2,9,11-12H2,1H3;1-2H3;/q-1;;. The molecule has 6 heteroatoms. The molecule has 1 N–H and O–H groups in total. The number of nitrogens with zero attached hydrogens (tertiary/aromatic N) is 1. The topological polar surface area (TPSA) is 61.0 Å². The Morgan fingerprint density at radius 1 is 1.17 bits per heavy atom. The van der Waals surface area contributed by atoms with Crippen molar-refractivity contribution in [2.75, 3.05) is 6.61 Å². The summed E-state index contributed by atoms with van der Waals surface area (Å²) in [7, 11) is 0. The average Bonchev–Trinajstić information content (AvgIpc) is 2.72. The third-order valence-electron chi connectivity index (χ3n) is 4.57. The second kappa shape index (κ2) is 13.5. The zero-order chi connectivity index (χ0) is 20.5. The number of aliphatic hydroxyl groups excluding tert-OH is 1. The molecule has 0 amide bonds. The van der Waals surface area contributed by atoms with E-state index >= 15 is 0 Å². The van der Waals surface area contributed by atoms with Crippen LogP contribution in [-0.4, -0.2) is 30.1 Å². The molecule has 0 aromatic heterocycles. The molecule has 0 bridgehead atoms. The SMILES string of the molecule is CC.CCOc1ccc(Cc2cc(C3CC(O)CC(C=[N-])O3)ccc2Cl)cc1.[Y]. The summed E-state index contributed by atoms with van der Waals surface area (Å²) in [5.74, 6) is 0.854. The summed E-state index contributed by atoms with van der Waals surface area (Å²) in [5, 5.41) is 20.0. The minimum atomic E-state index is -0.493. The predicted molar refractivity (Wildman–Crippen MR) is 115 cm³/mol. The van der Waals surface area contributed by atoms with Gasteiger partial charge in [0.2, 0.25) is 0 Å². The van der Waals surface area contributed by atoms with Crippen LogP contribution >= 0.6 is 11.6 Å². The van der Waals surface area contributed by atoms with Gasteiger partial charge < -0.3 is 20.0 Å². The Balaban J connectivity index is 0.00000136. The Labute approximate surface area is 204 Å². The third-order valence-corrected chi connectivity index (χ3v) is 4.94. The molecular formula is C23H29ClNO3Y-. The molecular weight excluding hydrogens is 463 g/mol. The number of benzene rings is 2. The molecule has 0 spiro atoms. The van der Waals surface area contributed by atoms with Crippen molar-refractivity contribution < 1.29 is 47.3 Å². The smallest absolute Gasteiger partial charge is 0.119 e. The van der Waals surface area contributed by atoms with Crippen molar-refractivity contribution >= 4 is 17.8 Å². The molecule has 3 rings (SSSR count). The average molecular weight is 492 g/mol. The van der Waals surface area contributed by atoms with Crippen molar-refractivity contribution in [1.29, 1.82) is 0 Å². The molecule has 4 nitrogen and oxygen atoms in total. The van der Waals surface area contributed by atoms with Crippen molar-refractivity contribution in [3.05, 3.63) is 69.6 Å². The van der Waals surface area contributed by atoms with Gasteiger partial charge in [-0.1, -0.05) is 49.7 Å². The van der Waals surface area contributed by atoms with E-state index in [9.17, 15) is 10.5 Å². The second-order valence-corrected chi connectivity index (χ2v) is 6.95. The Hall–Kier alpha value is -0.776. The molecule has 2 aromatic rings. The maximum Gasteiger partial charge on any atom is 0.119 e. The number of hydrogen-bond acceptors (Lipinski definition) is 3. The van der Waals surface area contributed by atoms with Crippen molar-refractivity contribution in [3.63, 3.8) is 0 Å². The van der Waals surface area contributed by atoms with E-state index in [0.29, 0.717) is 30.9 Å². The van der Waals surface area contributed by atoms with Gasteiger partial charge >= 0.3 is 0 Å². The summed E-state index contributed by atoms with van der Waals surface area (Å²) in [4.78, 5) is 0. The van der Waals surface area contributed by atoms with E-state index in [1.54, 1.807) is 0 Å². The number of aliphatic hydroxyl groups is 1. The molecule has 1 radical (unpaired) electrons. The fraction of sp³-hybridized carbons (Fsp3) is 0.435. The third kappa shape index (κ3) is 7.77. The number of hydrogen-bond donors (Lipinski definition) is 1. The first kappa shape index (κ1) is 26.3. The zero-order valence-electron chi connectivity index (χ0n) is 17.3. The summed E-state index contributed by atoms with van der Waals surface area (Å²) in [5.41, 5.74) is 3.10. The van der Waals surface area contributed by atoms with Crippen LogP contribution in [0.5, 0.6) is 5.75 Å². The van der Waals surface area contributed by atoms with Gasteiger partial charge in [-0.3, -0.25) is 0 Å². The van der Waals surface area contributed by atoms with Crippen LogP contribution in [0.15, 0.2) is 42.5 Å². The summed E-state index contributed by atoms with van der Waals surface area (Å²) < 4.78 is 11.3. The zero-order valence-corrected chi connectivity index (χ0v) is 20.9. The van der Waals surface area contributed by atoms with Crippen molar-refractivity contribution in [1.82, 2.24) is 0 Å². The molecule has 3 unspecified atom stereocenters. The quantitative estimate of drug-likeness (QED) is 0.537. The minimum absolute atomic E-state index is 0. The van der Waals surface area contributed by atoms with E-state index in [1.807, 2.05) is 63.2 Å². The predicted octanol–water partition coefficient (Wildman–Crippen LogP) is 5.57. The Bertz CT molecular complexity index is 754. The van der Waals surface area contributed by atoms with Crippen LogP contribution in [0, 0.1) is 0 Å². The first-order valence-corrected chi connectivity index (χ1v) is 10.3. The molecule has 29 heavy (non-hydrogen) atoms. The van der Waals surface area contributed by atoms with E-state index in [4.69, 9.17) is 21.1 Å². The molecule has 3 atom stereocenters. The van der Waals surface area contributed by atoms with Crippen molar-refractivity contribution in [2.24, 2.45) is 0 Å². The van der Waals surface area contributed by atoms with E-state index in [1.165, 1.54) is 0 Å². The number of ether oxygens (including phenoxy) is 2. The van der Waals surface area contributed by atoms with Gasteiger partial charge in [-0.05, 0) is 48.2 Å². The fourth-order valence-corrected chi connectivity index (χ4v) is 3.45. The molecule has 155 valence electrons. The second-order valence-electron chi connectivity index (χ2n) is 6.54. The van der Waals surface area contributed by atoms with Crippen LogP contribution in [0.2, 0.25) is 5.02 Å². The van der Waals surface area contributed by atoms with Crippen LogP contribution in [0.4, 0.5) is 0 Å². The molecule has 1 fully saturated rings.